The van der Waals surface area contributed by atoms with Crippen molar-refractivity contribution >= 4 is 0 Å². The van der Waals surface area contributed by atoms with E-state index >= 15 is 0 Å². The van der Waals surface area contributed by atoms with Gasteiger partial charge in [-0.1, -0.05) is 41.5 Å². The topological polar surface area (TPSA) is 3.24 Å². The quantitative estimate of drug-likeness (QED) is 0.694. The van der Waals surface area contributed by atoms with Crippen LogP contribution in [-0.4, -0.2) is 24.5 Å². The summed E-state index contributed by atoms with van der Waals surface area (Å²) in [5.74, 6) is 0.961. The summed E-state index contributed by atoms with van der Waals surface area (Å²) in [6.07, 6.45) is 4.12. The summed E-state index contributed by atoms with van der Waals surface area (Å²) in [5.41, 5.74) is 0.831. The molecule has 1 aliphatic rings. The van der Waals surface area contributed by atoms with E-state index < -0.39 is 0 Å². The molecule has 0 amide bonds. The second-order valence-corrected chi connectivity index (χ2v) is 7.59. The highest BCUT2D eigenvalue weighted by molar-refractivity contribution is 4.87. The molecule has 0 saturated heterocycles. The summed E-state index contributed by atoms with van der Waals surface area (Å²) in [5, 5.41) is 0. The largest absolute Gasteiger partial charge is 0.303 e. The van der Waals surface area contributed by atoms with E-state index in [2.05, 4.69) is 53.5 Å². The predicted molar refractivity (Wildman–Crippen MR) is 72.7 cm³/mol. The summed E-state index contributed by atoms with van der Waals surface area (Å²) < 4.78 is 0. The molecular formula is C15H31N. The molecule has 0 spiro atoms. The van der Waals surface area contributed by atoms with E-state index in [0.29, 0.717) is 10.8 Å². The lowest BCUT2D eigenvalue weighted by Gasteiger charge is -2.43. The highest BCUT2D eigenvalue weighted by Crippen LogP contribution is 2.41. The second kappa shape index (κ2) is 4.68. The van der Waals surface area contributed by atoms with Gasteiger partial charge >= 0.3 is 0 Å². The van der Waals surface area contributed by atoms with Gasteiger partial charge in [-0.3, -0.25) is 0 Å². The molecule has 16 heavy (non-hydrogen) atoms. The maximum atomic E-state index is 2.58. The Morgan fingerprint density at radius 3 is 1.94 bits per heavy atom. The zero-order valence-corrected chi connectivity index (χ0v) is 12.4. The molecule has 0 atom stereocenters. The van der Waals surface area contributed by atoms with E-state index in [1.165, 1.54) is 25.8 Å². The molecular weight excluding hydrogens is 194 g/mol. The summed E-state index contributed by atoms with van der Waals surface area (Å²) in [6.45, 7) is 15.5. The van der Waals surface area contributed by atoms with E-state index in [-0.39, 0.29) is 0 Å². The van der Waals surface area contributed by atoms with E-state index in [1.54, 1.807) is 0 Å². The van der Waals surface area contributed by atoms with Crippen LogP contribution in [0.2, 0.25) is 0 Å². The average molecular weight is 225 g/mol. The van der Waals surface area contributed by atoms with Gasteiger partial charge in [-0.25, -0.2) is 0 Å². The minimum absolute atomic E-state index is 0.404. The van der Waals surface area contributed by atoms with Gasteiger partial charge in [0.05, 0.1) is 0 Å². The van der Waals surface area contributed by atoms with E-state index in [4.69, 9.17) is 0 Å². The highest BCUT2D eigenvalue weighted by Gasteiger charge is 2.34. The molecule has 1 rings (SSSR count). The van der Waals surface area contributed by atoms with Crippen molar-refractivity contribution in [1.82, 2.24) is 4.90 Å². The molecule has 1 nitrogen and oxygen atoms in total. The third-order valence-electron chi connectivity index (χ3n) is 5.09. The average Bonchev–Trinajstić information content (AvgIpc) is 2.07. The first-order valence-electron chi connectivity index (χ1n) is 6.84. The van der Waals surface area contributed by atoms with Crippen LogP contribution in [0, 0.1) is 16.7 Å². The molecule has 1 saturated carbocycles. The Labute approximate surface area is 103 Å². The molecule has 0 aromatic rings. The van der Waals surface area contributed by atoms with Crippen LogP contribution in [0.15, 0.2) is 0 Å². The van der Waals surface area contributed by atoms with Crippen molar-refractivity contribution in [3.05, 3.63) is 0 Å². The lowest BCUT2D eigenvalue weighted by Crippen LogP contribution is -2.43. The van der Waals surface area contributed by atoms with Crippen molar-refractivity contribution in [1.29, 1.82) is 0 Å². The summed E-state index contributed by atoms with van der Waals surface area (Å²) in [7, 11) is 2.30. The molecule has 0 bridgehead atoms. The van der Waals surface area contributed by atoms with Crippen molar-refractivity contribution in [3.63, 3.8) is 0 Å². The SMILES string of the molecule is CC1CC(N(C)CCC(C)(C)C(C)(C)C)C1. The maximum absolute atomic E-state index is 2.58. The highest BCUT2D eigenvalue weighted by atomic mass is 15.1. The van der Waals surface area contributed by atoms with Gasteiger partial charge < -0.3 is 4.90 Å². The molecule has 1 fully saturated rings. The normalized spacial score (nSPS) is 27.0. The molecule has 96 valence electrons. The van der Waals surface area contributed by atoms with Gasteiger partial charge in [0.15, 0.2) is 0 Å². The van der Waals surface area contributed by atoms with Crippen LogP contribution in [0.3, 0.4) is 0 Å². The van der Waals surface area contributed by atoms with Crippen molar-refractivity contribution in [2.24, 2.45) is 16.7 Å². The van der Waals surface area contributed by atoms with Crippen LogP contribution < -0.4 is 0 Å². The molecule has 1 heteroatoms. The Morgan fingerprint density at radius 1 is 1.06 bits per heavy atom. The van der Waals surface area contributed by atoms with Crippen molar-refractivity contribution in [3.8, 4) is 0 Å². The molecule has 0 aromatic carbocycles. The molecule has 0 aliphatic heterocycles. The zero-order valence-electron chi connectivity index (χ0n) is 12.4. The Morgan fingerprint density at radius 2 is 1.56 bits per heavy atom. The first-order chi connectivity index (χ1) is 7.13. The monoisotopic (exact) mass is 225 g/mol. The number of nitrogens with zero attached hydrogens (tertiary/aromatic N) is 1. The van der Waals surface area contributed by atoms with Crippen molar-refractivity contribution < 1.29 is 0 Å². The van der Waals surface area contributed by atoms with Gasteiger partial charge in [-0.2, -0.15) is 0 Å². The van der Waals surface area contributed by atoms with E-state index in [1.807, 2.05) is 0 Å². The van der Waals surface area contributed by atoms with Gasteiger partial charge in [0.2, 0.25) is 0 Å². The summed E-state index contributed by atoms with van der Waals surface area (Å²) in [6, 6.07) is 0.866. The third kappa shape index (κ3) is 3.23. The zero-order chi connectivity index (χ0) is 12.6. The first kappa shape index (κ1) is 14.0. The van der Waals surface area contributed by atoms with Gasteiger partial charge in [0.1, 0.15) is 0 Å². The van der Waals surface area contributed by atoms with Crippen LogP contribution in [0.1, 0.15) is 60.8 Å². The summed E-state index contributed by atoms with van der Waals surface area (Å²) in [4.78, 5) is 2.58. The molecule has 0 N–H and O–H groups in total. The predicted octanol–water partition coefficient (Wildman–Crippen LogP) is 4.18. The number of hydrogen-bond donors (Lipinski definition) is 0. The van der Waals surface area contributed by atoms with Crippen LogP contribution in [-0.2, 0) is 0 Å². The molecule has 1 aliphatic carbocycles. The van der Waals surface area contributed by atoms with Gasteiger partial charge in [0, 0.05) is 6.04 Å². The fourth-order valence-electron chi connectivity index (χ4n) is 2.23. The van der Waals surface area contributed by atoms with Crippen molar-refractivity contribution in [2.75, 3.05) is 13.6 Å². The molecule has 0 radical (unpaired) electrons. The van der Waals surface area contributed by atoms with Crippen LogP contribution in [0.5, 0.6) is 0 Å². The Bertz CT molecular complexity index is 218. The lowest BCUT2D eigenvalue weighted by atomic mass is 9.67. The van der Waals surface area contributed by atoms with Crippen LogP contribution in [0.4, 0.5) is 0 Å². The smallest absolute Gasteiger partial charge is 0.00973 e. The minimum Gasteiger partial charge on any atom is -0.303 e. The molecule has 0 aromatic heterocycles. The Kier molecular flexibility index (Phi) is 4.10. The fourth-order valence-corrected chi connectivity index (χ4v) is 2.23. The van der Waals surface area contributed by atoms with Gasteiger partial charge in [0.25, 0.3) is 0 Å². The number of rotatable bonds is 4. The molecule has 0 heterocycles. The van der Waals surface area contributed by atoms with E-state index in [9.17, 15) is 0 Å². The molecule has 0 unspecified atom stereocenters. The Balaban J connectivity index is 2.34. The van der Waals surface area contributed by atoms with Gasteiger partial charge in [-0.15, -0.1) is 0 Å². The minimum atomic E-state index is 0.404. The van der Waals surface area contributed by atoms with Gasteiger partial charge in [-0.05, 0) is 49.6 Å². The van der Waals surface area contributed by atoms with E-state index in [0.717, 1.165) is 12.0 Å². The van der Waals surface area contributed by atoms with Crippen LogP contribution >= 0.6 is 0 Å². The lowest BCUT2D eigenvalue weighted by molar-refractivity contribution is 0.0646. The van der Waals surface area contributed by atoms with Crippen LogP contribution in [0.25, 0.3) is 0 Å². The Hall–Kier alpha value is -0.0400. The second-order valence-electron chi connectivity index (χ2n) is 7.59. The summed E-state index contributed by atoms with van der Waals surface area (Å²) >= 11 is 0. The van der Waals surface area contributed by atoms with Crippen molar-refractivity contribution in [2.45, 2.75) is 66.8 Å². The number of hydrogen-bond acceptors (Lipinski definition) is 1. The first-order valence-corrected chi connectivity index (χ1v) is 6.84. The maximum Gasteiger partial charge on any atom is 0.00973 e. The standard InChI is InChI=1S/C15H31N/c1-12-10-13(11-12)16(7)9-8-15(5,6)14(2,3)4/h12-13H,8-11H2,1-7H3. The third-order valence-corrected chi connectivity index (χ3v) is 5.09. The fraction of sp³-hybridized carbons (Fsp3) is 1.00.